The Morgan fingerprint density at radius 3 is 2.25 bits per heavy atom. The van der Waals surface area contributed by atoms with Crippen molar-refractivity contribution >= 4 is 6.08 Å². The van der Waals surface area contributed by atoms with Gasteiger partial charge >= 0.3 is 11.2 Å². The van der Waals surface area contributed by atoms with Crippen molar-refractivity contribution in [3.05, 3.63) is 0 Å². The summed E-state index contributed by atoms with van der Waals surface area (Å²) >= 11 is 0. The Labute approximate surface area is 22.5 Å². The fourth-order valence-electron chi connectivity index (χ4n) is 0. The molecule has 0 aromatic rings. The Kier molecular flexibility index (Phi) is 1.73. The van der Waals surface area contributed by atoms with E-state index in [1.807, 2.05) is 5.16 Å². The van der Waals surface area contributed by atoms with Gasteiger partial charge in [0.2, 0.25) is 0 Å². The van der Waals surface area contributed by atoms with E-state index in [0.717, 1.165) is 6.08 Å². The first kappa shape index (κ1) is 3.18. The summed E-state index contributed by atoms with van der Waals surface area (Å²) < 4.78 is 0. The molecule has 1 radical (unpaired) electrons. The standard InChI is InChI=1S/CHNO2/c3-1-2-4/h4H/q+1. The molecule has 0 saturated carbocycles. The maximum Gasteiger partial charge on any atom is 0.569 e. The normalized spacial score (nSPS) is 4.00. The molecule has 21 valence electrons. The van der Waals surface area contributed by atoms with E-state index in [0.29, 0.717) is 0 Å². The van der Waals surface area contributed by atoms with Crippen LogP contribution in [0.25, 0.3) is 0 Å². The van der Waals surface area contributed by atoms with Gasteiger partial charge in [-0.3, -0.25) is 0 Å². The van der Waals surface area contributed by atoms with Crippen LogP contribution in [0.3, 0.4) is 0 Å². The van der Waals surface area contributed by atoms with Gasteiger partial charge in [0.05, 0.1) is 0 Å². The summed E-state index contributed by atoms with van der Waals surface area (Å²) in [4.78, 5) is 8.63. The van der Waals surface area contributed by atoms with Crippen molar-refractivity contribution in [2.24, 2.45) is 0 Å². The molecule has 0 aliphatic rings. The van der Waals surface area contributed by atoms with Gasteiger partial charge in [-0.15, -0.1) is 0 Å². The van der Waals surface area contributed by atoms with Crippen LogP contribution in [0.1, 0.15) is 0 Å². The van der Waals surface area contributed by atoms with E-state index in [1.165, 1.54) is 0 Å². The van der Waals surface area contributed by atoms with Crippen LogP contribution in [0, 0.1) is 0 Å². The lowest BCUT2D eigenvalue weighted by atomic mass is 11.7. The van der Waals surface area contributed by atoms with Gasteiger partial charge in [-0.05, 0) is 0 Å². The summed E-state index contributed by atoms with van der Waals surface area (Å²) in [6, 6.07) is 0. The summed E-state index contributed by atoms with van der Waals surface area (Å²) in [6.45, 7) is 0. The predicted molar refractivity (Wildman–Crippen MR) is 9.61 cm³/mol. The van der Waals surface area contributed by atoms with E-state index in [-0.39, 0.29) is 0 Å². The molecule has 0 atom stereocenters. The first-order chi connectivity index (χ1) is 1.91. The fourth-order valence-corrected chi connectivity index (χ4v) is 0. The second-order valence-corrected chi connectivity index (χ2v) is 0.191. The Morgan fingerprint density at radius 2 is 2.25 bits per heavy atom. The van der Waals surface area contributed by atoms with Crippen molar-refractivity contribution in [1.29, 1.82) is 0 Å². The predicted octanol–water partition coefficient (Wildman–Crippen LogP) is -0.953. The highest BCUT2D eigenvalue weighted by Gasteiger charge is 1.61. The highest BCUT2D eigenvalue weighted by Crippen LogP contribution is 0.963. The zero-order valence-electron chi connectivity index (χ0n) is 1.80. The molecule has 0 rings (SSSR count). The lowest BCUT2D eigenvalue weighted by Crippen LogP contribution is -1.67. The van der Waals surface area contributed by atoms with Crippen LogP contribution in [0.15, 0.2) is 0 Å². The van der Waals surface area contributed by atoms with Crippen LogP contribution in [0.4, 0.5) is 0 Å². The minimum atomic E-state index is 0.861. The zero-order valence-corrected chi connectivity index (χ0v) is 1.80. The third kappa shape index (κ3) is 1.18. The molecule has 3 nitrogen and oxygen atoms in total. The number of carbonyl (C=O) groups excluding carboxylic acids is 1. The van der Waals surface area contributed by atoms with E-state index in [4.69, 9.17) is 10.0 Å². The molecule has 0 spiro atoms. The molecule has 4 heavy (non-hydrogen) atoms. The molecule has 3 heteroatoms. The molecule has 0 fully saturated rings. The molecule has 0 heterocycles. The van der Waals surface area contributed by atoms with Gasteiger partial charge in [0.1, 0.15) is 0 Å². The summed E-state index contributed by atoms with van der Waals surface area (Å²) in [5.41, 5.74) is 0. The van der Waals surface area contributed by atoms with Gasteiger partial charge in [-0.25, -0.2) is 5.21 Å². The molecule has 0 aliphatic heterocycles. The second-order valence-electron chi connectivity index (χ2n) is 0.191. The van der Waals surface area contributed by atoms with Crippen molar-refractivity contribution < 1.29 is 10.0 Å². The minimum absolute atomic E-state index is 0.861. The maximum absolute atomic E-state index is 8.63. The number of hydrogen-bond donors (Lipinski definition) is 1. The Balaban J connectivity index is 3.11. The first-order valence-electron chi connectivity index (χ1n) is 0.628. The average Bonchev–Trinajstić information content (AvgIpc) is 1.37. The number of isocyanates is 1. The Bertz CT molecular complexity index is 44.0. The molecule has 0 aliphatic carbocycles. The SMILES string of the molecule is O=C=[N+]O. The number of nitrogens with zero attached hydrogens (tertiary/aromatic N) is 1. The van der Waals surface area contributed by atoms with Crippen molar-refractivity contribution in [2.45, 2.75) is 0 Å². The fraction of sp³-hybridized carbons (Fsp3) is 0. The van der Waals surface area contributed by atoms with Crippen molar-refractivity contribution in [1.82, 2.24) is 5.16 Å². The Hall–Kier alpha value is -0.820. The average molecular weight is 59.0 g/mol. The topological polar surface area (TPSA) is 51.4 Å². The van der Waals surface area contributed by atoms with E-state index in [1.54, 1.807) is 0 Å². The van der Waals surface area contributed by atoms with Gasteiger partial charge < -0.3 is 0 Å². The molecule has 0 unspecified atom stereocenters. The van der Waals surface area contributed by atoms with Crippen LogP contribution >= 0.6 is 0 Å². The highest BCUT2D eigenvalue weighted by atomic mass is 16.4. The number of rotatable bonds is 0. The van der Waals surface area contributed by atoms with E-state index in [2.05, 4.69) is 0 Å². The number of hydrogen-bond acceptors (Lipinski definition) is 3. The van der Waals surface area contributed by atoms with Crippen LogP contribution in [0.5, 0.6) is 0 Å². The van der Waals surface area contributed by atoms with Gasteiger partial charge in [0, 0.05) is 0 Å². The molecular formula is CHNO2+. The van der Waals surface area contributed by atoms with E-state index < -0.39 is 0 Å². The maximum atomic E-state index is 8.63. The van der Waals surface area contributed by atoms with Crippen LogP contribution < -0.4 is 5.16 Å². The summed E-state index contributed by atoms with van der Waals surface area (Å²) in [6.07, 6.45) is 0.861. The third-order valence-corrected chi connectivity index (χ3v) is 0.0408. The first-order valence-corrected chi connectivity index (χ1v) is 0.628. The highest BCUT2D eigenvalue weighted by molar-refractivity contribution is 5.29. The minimum Gasteiger partial charge on any atom is -0.215 e. The molecular weight excluding hydrogens is 58.0 g/mol. The molecule has 0 amide bonds. The quantitative estimate of drug-likeness (QED) is 0.169. The van der Waals surface area contributed by atoms with Gasteiger partial charge in [0.15, 0.2) is 0 Å². The van der Waals surface area contributed by atoms with Crippen molar-refractivity contribution in [3.8, 4) is 0 Å². The van der Waals surface area contributed by atoms with E-state index in [9.17, 15) is 0 Å². The smallest absolute Gasteiger partial charge is 0.215 e. The summed E-state index contributed by atoms with van der Waals surface area (Å²) in [5, 5.41) is 9.01. The lowest BCUT2D eigenvalue weighted by molar-refractivity contribution is 0.251. The van der Waals surface area contributed by atoms with Crippen molar-refractivity contribution in [3.63, 3.8) is 0 Å². The Morgan fingerprint density at radius 1 is 2.00 bits per heavy atom. The molecule has 1 N–H and O–H groups in total. The summed E-state index contributed by atoms with van der Waals surface area (Å²) in [5.74, 6) is 0. The lowest BCUT2D eigenvalue weighted by Gasteiger charge is -1.12. The largest absolute Gasteiger partial charge is 0.569 e. The molecule has 0 bridgehead atoms. The van der Waals surface area contributed by atoms with Gasteiger partial charge in [-0.1, -0.05) is 0 Å². The third-order valence-electron chi connectivity index (χ3n) is 0.0408. The second kappa shape index (κ2) is 2.18. The van der Waals surface area contributed by atoms with E-state index >= 15 is 0 Å². The van der Waals surface area contributed by atoms with Crippen LogP contribution in [0.2, 0.25) is 0 Å². The van der Waals surface area contributed by atoms with Gasteiger partial charge in [0.25, 0.3) is 0 Å². The summed E-state index contributed by atoms with van der Waals surface area (Å²) in [7, 11) is 0. The molecule has 0 saturated heterocycles. The zero-order chi connectivity index (χ0) is 3.41. The van der Waals surface area contributed by atoms with Crippen LogP contribution in [-0.4, -0.2) is 11.3 Å². The van der Waals surface area contributed by atoms with Crippen molar-refractivity contribution in [2.75, 3.05) is 0 Å². The molecule has 0 aromatic heterocycles. The van der Waals surface area contributed by atoms with Crippen LogP contribution in [-0.2, 0) is 4.79 Å². The monoisotopic (exact) mass is 59.0 g/mol. The van der Waals surface area contributed by atoms with Gasteiger partial charge in [-0.2, -0.15) is 4.79 Å². The molecule has 0 aromatic carbocycles.